The van der Waals surface area contributed by atoms with Crippen molar-refractivity contribution in [1.29, 1.82) is 0 Å². The number of benzene rings is 2. The van der Waals surface area contributed by atoms with Crippen LogP contribution in [0.4, 0.5) is 20.4 Å². The van der Waals surface area contributed by atoms with Crippen molar-refractivity contribution in [3.05, 3.63) is 94.8 Å². The molecule has 61 heavy (non-hydrogen) atoms. The number of aromatic hydroxyl groups is 1. The summed E-state index contributed by atoms with van der Waals surface area (Å²) in [5.41, 5.74) is 13.5. The van der Waals surface area contributed by atoms with Gasteiger partial charge in [-0.1, -0.05) is 25.7 Å². The lowest BCUT2D eigenvalue weighted by molar-refractivity contribution is 0.0699. The molecule has 4 aliphatic rings. The van der Waals surface area contributed by atoms with Crippen LogP contribution in [0.3, 0.4) is 0 Å². The van der Waals surface area contributed by atoms with E-state index < -0.39 is 11.6 Å². The fourth-order valence-corrected chi connectivity index (χ4v) is 7.80. The van der Waals surface area contributed by atoms with Crippen molar-refractivity contribution in [2.24, 2.45) is 11.8 Å². The number of anilines is 2. The van der Waals surface area contributed by atoms with Gasteiger partial charge in [-0.3, -0.25) is 9.59 Å². The molecule has 4 heterocycles. The zero-order chi connectivity index (χ0) is 43.5. The largest absolute Gasteiger partial charge is 0.508 e. The number of piperidine rings is 2. The zero-order valence-electron chi connectivity index (χ0n) is 35.0. The highest BCUT2D eigenvalue weighted by Gasteiger charge is 2.30. The number of hydrogen-bond acceptors (Lipinski definition) is 11. The minimum atomic E-state index is -0.712. The summed E-state index contributed by atoms with van der Waals surface area (Å²) in [7, 11) is 3.20. The number of rotatable bonds is 12. The SMILES string of the molecule is COc1cc(N)ncc1C1CCN(C(=O)c2ccc(O)cc2F)CC1.COc1cc(N)ncc1C1CCN(C(=O)c2ccc(OCCC3CC3)cc2F)CC1.OCCC1CC1. The number of carbonyl (C=O) groups excluding carboxylic acids is 2. The third-order valence-corrected chi connectivity index (χ3v) is 11.8. The summed E-state index contributed by atoms with van der Waals surface area (Å²) in [5, 5.41) is 17.5. The lowest BCUT2D eigenvalue weighted by Gasteiger charge is -2.32. The Morgan fingerprint density at radius 2 is 1.15 bits per heavy atom. The van der Waals surface area contributed by atoms with Crippen molar-refractivity contribution in [1.82, 2.24) is 19.8 Å². The molecule has 0 bridgehead atoms. The van der Waals surface area contributed by atoms with E-state index in [0.717, 1.165) is 73.3 Å². The Bertz CT molecular complexity index is 2100. The van der Waals surface area contributed by atoms with Gasteiger partial charge in [0.2, 0.25) is 0 Å². The van der Waals surface area contributed by atoms with Gasteiger partial charge in [-0.05, 0) is 86.5 Å². The maximum Gasteiger partial charge on any atom is 0.256 e. The molecule has 2 saturated heterocycles. The van der Waals surface area contributed by atoms with Gasteiger partial charge in [0.05, 0.1) is 32.0 Å². The Morgan fingerprint density at radius 1 is 0.689 bits per heavy atom. The van der Waals surface area contributed by atoms with Crippen LogP contribution in [0, 0.1) is 23.5 Å². The average molecular weight is 845 g/mol. The first-order valence-electron chi connectivity index (χ1n) is 21.2. The molecule has 2 aromatic carbocycles. The van der Waals surface area contributed by atoms with Crippen LogP contribution in [-0.4, -0.2) is 95.4 Å². The maximum absolute atomic E-state index is 14.6. The van der Waals surface area contributed by atoms with E-state index in [1.54, 1.807) is 54.6 Å². The summed E-state index contributed by atoms with van der Waals surface area (Å²) >= 11 is 0. The molecule has 15 heteroatoms. The van der Waals surface area contributed by atoms with Gasteiger partial charge in [0.15, 0.2) is 0 Å². The predicted octanol–water partition coefficient (Wildman–Crippen LogP) is 7.33. The van der Waals surface area contributed by atoms with Crippen molar-refractivity contribution in [3.63, 3.8) is 0 Å². The fourth-order valence-electron chi connectivity index (χ4n) is 7.80. The Balaban J connectivity index is 0.000000181. The number of phenolic OH excluding ortho intramolecular Hbond substituents is 1. The van der Waals surface area contributed by atoms with E-state index in [2.05, 4.69) is 9.97 Å². The smallest absolute Gasteiger partial charge is 0.256 e. The van der Waals surface area contributed by atoms with E-state index in [1.807, 2.05) is 0 Å². The van der Waals surface area contributed by atoms with Gasteiger partial charge in [0.1, 0.15) is 46.3 Å². The second-order valence-electron chi connectivity index (χ2n) is 16.2. The summed E-state index contributed by atoms with van der Waals surface area (Å²) in [5.74, 6) is 2.72. The van der Waals surface area contributed by atoms with Crippen LogP contribution in [0.15, 0.2) is 60.9 Å². The van der Waals surface area contributed by atoms with Crippen LogP contribution in [0.2, 0.25) is 0 Å². The summed E-state index contributed by atoms with van der Waals surface area (Å²) in [6.07, 6.45) is 13.8. The number of aliphatic hydroxyl groups excluding tert-OH is 1. The number of amides is 2. The minimum Gasteiger partial charge on any atom is -0.508 e. The lowest BCUT2D eigenvalue weighted by Crippen LogP contribution is -2.38. The Morgan fingerprint density at radius 3 is 1.56 bits per heavy atom. The molecule has 2 aromatic heterocycles. The third-order valence-electron chi connectivity index (χ3n) is 11.8. The summed E-state index contributed by atoms with van der Waals surface area (Å²) in [6, 6.07) is 11.5. The molecule has 0 unspecified atom stereocenters. The Labute approximate surface area is 356 Å². The van der Waals surface area contributed by atoms with Gasteiger partial charge in [-0.15, -0.1) is 0 Å². The fraction of sp³-hybridized carbons (Fsp3) is 0.478. The lowest BCUT2D eigenvalue weighted by atomic mass is 9.89. The van der Waals surface area contributed by atoms with Gasteiger partial charge < -0.3 is 45.7 Å². The highest BCUT2D eigenvalue weighted by molar-refractivity contribution is 5.95. The van der Waals surface area contributed by atoms with Crippen molar-refractivity contribution in [2.75, 3.05) is 65.1 Å². The molecule has 2 aliphatic heterocycles. The van der Waals surface area contributed by atoms with E-state index in [1.165, 1.54) is 49.9 Å². The number of phenols is 1. The molecule has 328 valence electrons. The molecule has 0 atom stereocenters. The van der Waals surface area contributed by atoms with Gasteiger partial charge in [0.25, 0.3) is 11.8 Å². The number of aliphatic hydroxyl groups is 1. The average Bonchev–Trinajstić information content (AvgIpc) is 4.22. The molecular weight excluding hydrogens is 787 g/mol. The number of nitrogens with two attached hydrogens (primary N) is 2. The molecule has 6 N–H and O–H groups in total. The third kappa shape index (κ3) is 12.4. The first kappa shape index (κ1) is 44.8. The monoisotopic (exact) mass is 844 g/mol. The quantitative estimate of drug-likeness (QED) is 0.112. The number of nitrogen functional groups attached to an aromatic ring is 2. The number of hydrogen-bond donors (Lipinski definition) is 4. The molecule has 2 saturated carbocycles. The van der Waals surface area contributed by atoms with Crippen LogP contribution in [0.1, 0.15) is 108 Å². The molecule has 4 aromatic rings. The molecule has 13 nitrogen and oxygen atoms in total. The van der Waals surface area contributed by atoms with Gasteiger partial charge in [-0.2, -0.15) is 0 Å². The first-order valence-corrected chi connectivity index (χ1v) is 21.2. The summed E-state index contributed by atoms with van der Waals surface area (Å²) < 4.78 is 44.9. The van der Waals surface area contributed by atoms with E-state index in [9.17, 15) is 23.5 Å². The zero-order valence-corrected chi connectivity index (χ0v) is 35.0. The van der Waals surface area contributed by atoms with Crippen molar-refractivity contribution in [3.8, 4) is 23.0 Å². The molecule has 0 spiro atoms. The number of methoxy groups -OCH3 is 2. The van der Waals surface area contributed by atoms with E-state index in [-0.39, 0.29) is 40.5 Å². The number of likely N-dealkylation sites (tertiary alicyclic amines) is 2. The van der Waals surface area contributed by atoms with Gasteiger partial charge in [0, 0.05) is 80.6 Å². The number of aromatic nitrogens is 2. The van der Waals surface area contributed by atoms with Crippen LogP contribution < -0.4 is 25.7 Å². The Hall–Kier alpha value is -5.70. The number of ether oxygens (including phenoxy) is 3. The maximum atomic E-state index is 14.6. The second kappa shape index (κ2) is 21.2. The van der Waals surface area contributed by atoms with E-state index in [0.29, 0.717) is 62.5 Å². The molecule has 2 aliphatic carbocycles. The number of pyridine rings is 2. The van der Waals surface area contributed by atoms with Crippen molar-refractivity contribution < 1.29 is 42.8 Å². The predicted molar refractivity (Wildman–Crippen MR) is 228 cm³/mol. The van der Waals surface area contributed by atoms with Crippen LogP contribution in [0.25, 0.3) is 0 Å². The summed E-state index contributed by atoms with van der Waals surface area (Å²) in [4.78, 5) is 37.0. The highest BCUT2D eigenvalue weighted by Crippen LogP contribution is 2.37. The van der Waals surface area contributed by atoms with Gasteiger partial charge >= 0.3 is 0 Å². The molecule has 2 amide bonds. The van der Waals surface area contributed by atoms with Crippen LogP contribution in [0.5, 0.6) is 23.0 Å². The Kier molecular flexibility index (Phi) is 15.6. The molecular formula is C46H58F2N6O7. The van der Waals surface area contributed by atoms with Crippen molar-refractivity contribution >= 4 is 23.5 Å². The number of nitrogens with zero attached hydrogens (tertiary/aromatic N) is 4. The van der Waals surface area contributed by atoms with Gasteiger partial charge in [-0.25, -0.2) is 18.7 Å². The van der Waals surface area contributed by atoms with Crippen LogP contribution >= 0.6 is 0 Å². The number of halogens is 2. The highest BCUT2D eigenvalue weighted by atomic mass is 19.1. The van der Waals surface area contributed by atoms with Crippen molar-refractivity contribution in [2.45, 2.75) is 76.0 Å². The second-order valence-corrected chi connectivity index (χ2v) is 16.2. The molecule has 8 rings (SSSR count). The van der Waals surface area contributed by atoms with E-state index >= 15 is 0 Å². The number of carbonyl (C=O) groups is 2. The molecule has 4 fully saturated rings. The van der Waals surface area contributed by atoms with Crippen LogP contribution in [-0.2, 0) is 0 Å². The topological polar surface area (TPSA) is 187 Å². The minimum absolute atomic E-state index is 0.0250. The normalized spacial score (nSPS) is 16.7. The standard InChI is InChI=1S/C23H28FN3O3.C18H20FN3O3.C5H10O/c1-29-21-13-22(25)26-14-19(21)16-6-9-27(10-7-16)23(28)18-5-4-17(12-20(18)24)30-11-8-15-2-3-15;1-25-16-9-17(20)21-10-14(16)11-4-6-22(7-5-11)18(24)13-3-2-12(23)8-15(13)19;6-4-3-5-1-2-5/h4-5,12-16H,2-3,6-11H2,1H3,(H2,25,26);2-3,8-11,23H,4-7H2,1H3,(H2,20,21);5-6H,1-4H2. The summed E-state index contributed by atoms with van der Waals surface area (Å²) in [6.45, 7) is 3.11. The molecule has 0 radical (unpaired) electrons. The first-order chi connectivity index (χ1) is 29.5. The van der Waals surface area contributed by atoms with E-state index in [4.69, 9.17) is 30.8 Å².